The molecule has 51 heavy (non-hydrogen) atoms. The van der Waals surface area contributed by atoms with Gasteiger partial charge in [-0.1, -0.05) is 97.1 Å². The molecule has 4 heterocycles. The number of hydrogen-bond acceptors (Lipinski definition) is 3. The molecule has 0 fully saturated rings. The first-order valence-electron chi connectivity index (χ1n) is 17.4. The highest BCUT2D eigenvalue weighted by Gasteiger charge is 2.23. The molecule has 1 aliphatic rings. The fourth-order valence-corrected chi connectivity index (χ4v) is 8.16. The van der Waals surface area contributed by atoms with E-state index in [1.54, 1.807) is 0 Å². The molecule has 6 nitrogen and oxygen atoms in total. The molecule has 240 valence electrons. The summed E-state index contributed by atoms with van der Waals surface area (Å²) in [7, 11) is 0. The van der Waals surface area contributed by atoms with E-state index in [-0.39, 0.29) is 0 Å². The Kier molecular flexibility index (Phi) is 5.98. The van der Waals surface area contributed by atoms with Gasteiger partial charge in [-0.05, 0) is 73.0 Å². The molecule has 0 radical (unpaired) electrons. The highest BCUT2D eigenvalue weighted by molar-refractivity contribution is 6.11. The predicted molar refractivity (Wildman–Crippen MR) is 208 cm³/mol. The summed E-state index contributed by atoms with van der Waals surface area (Å²) in [5.74, 6) is 0.651. The Morgan fingerprint density at radius 2 is 1.27 bits per heavy atom. The number of hydrogen-bond donors (Lipinski definition) is 0. The second kappa shape index (κ2) is 10.9. The summed E-state index contributed by atoms with van der Waals surface area (Å²) in [6, 6.07) is 49.0. The van der Waals surface area contributed by atoms with E-state index in [9.17, 15) is 0 Å². The summed E-state index contributed by atoms with van der Waals surface area (Å²) in [4.78, 5) is 10.4. The van der Waals surface area contributed by atoms with Gasteiger partial charge in [0.1, 0.15) is 0 Å². The van der Waals surface area contributed by atoms with Gasteiger partial charge in [0.25, 0.3) is 0 Å². The normalized spacial score (nSPS) is 12.9. The molecule has 6 aromatic carbocycles. The Labute approximate surface area is 293 Å². The van der Waals surface area contributed by atoms with Crippen LogP contribution >= 0.6 is 0 Å². The molecule has 11 rings (SSSR count). The van der Waals surface area contributed by atoms with E-state index >= 15 is 0 Å². The van der Waals surface area contributed by atoms with Crippen molar-refractivity contribution in [3.63, 3.8) is 0 Å². The third-order valence-electron chi connectivity index (χ3n) is 10.4. The highest BCUT2D eigenvalue weighted by Crippen LogP contribution is 2.39. The Morgan fingerprint density at radius 1 is 0.529 bits per heavy atom. The molecule has 10 aromatic rings. The summed E-state index contributed by atoms with van der Waals surface area (Å²) in [5.41, 5.74) is 12.1. The van der Waals surface area contributed by atoms with Crippen LogP contribution in [0.5, 0.6) is 0 Å². The van der Waals surface area contributed by atoms with Gasteiger partial charge in [0.15, 0.2) is 0 Å². The smallest absolute Gasteiger partial charge is 0.235 e. The second-order valence-electron chi connectivity index (χ2n) is 13.2. The molecule has 0 spiro atoms. The van der Waals surface area contributed by atoms with E-state index in [0.29, 0.717) is 5.95 Å². The van der Waals surface area contributed by atoms with E-state index < -0.39 is 0 Å². The quantitative estimate of drug-likeness (QED) is 0.190. The Hall–Kier alpha value is -6.79. The number of allylic oxidation sites excluding steroid dienone is 1. The van der Waals surface area contributed by atoms with Crippen molar-refractivity contribution in [1.82, 2.24) is 28.9 Å². The fourth-order valence-electron chi connectivity index (χ4n) is 8.16. The van der Waals surface area contributed by atoms with Crippen LogP contribution in [-0.4, -0.2) is 28.9 Å². The van der Waals surface area contributed by atoms with Crippen LogP contribution < -0.4 is 0 Å². The van der Waals surface area contributed by atoms with Gasteiger partial charge in [-0.25, -0.2) is 14.6 Å². The zero-order chi connectivity index (χ0) is 33.5. The average Bonchev–Trinajstić information content (AvgIpc) is 3.88. The lowest BCUT2D eigenvalue weighted by atomic mass is 10.0. The van der Waals surface area contributed by atoms with E-state index in [0.717, 1.165) is 79.1 Å². The zero-order valence-corrected chi connectivity index (χ0v) is 27.6. The number of fused-ring (bicyclic) bond motifs is 9. The first kappa shape index (κ1) is 28.1. The molecule has 0 saturated heterocycles. The molecule has 0 bridgehead atoms. The standard InChI is InChI=1S/C45H30N6/c1-3-13-29(14-4-1)43-35-19-7-10-20-38(35)47-45(48-43)50-40-22-12-9-18-33(40)36-27-31(23-25-41(36)50)51-42-26-24-34-32-17-8-11-21-39(32)49(30-15-5-2-6-16-30)44(34)37(42)28-46-51/h1-7,9-16,18-28H,8,17H2. The van der Waals surface area contributed by atoms with Gasteiger partial charge < -0.3 is 4.57 Å². The lowest BCUT2D eigenvalue weighted by Crippen LogP contribution is -2.03. The minimum absolute atomic E-state index is 0.651. The van der Waals surface area contributed by atoms with Crippen molar-refractivity contribution < 1.29 is 0 Å². The topological polar surface area (TPSA) is 53.5 Å². The van der Waals surface area contributed by atoms with E-state index in [4.69, 9.17) is 15.1 Å². The monoisotopic (exact) mass is 654 g/mol. The molecule has 1 aliphatic carbocycles. The minimum Gasteiger partial charge on any atom is -0.309 e. The molecule has 6 heteroatoms. The van der Waals surface area contributed by atoms with Crippen molar-refractivity contribution >= 4 is 60.6 Å². The van der Waals surface area contributed by atoms with Gasteiger partial charge in [-0.3, -0.25) is 4.57 Å². The maximum Gasteiger partial charge on any atom is 0.235 e. The summed E-state index contributed by atoms with van der Waals surface area (Å²) in [6.07, 6.45) is 8.71. The molecule has 4 aromatic heterocycles. The number of benzene rings is 6. The first-order valence-corrected chi connectivity index (χ1v) is 17.4. The van der Waals surface area contributed by atoms with Crippen LogP contribution in [0.25, 0.3) is 89.2 Å². The number of nitrogens with zero attached hydrogens (tertiary/aromatic N) is 6. The third-order valence-corrected chi connectivity index (χ3v) is 10.4. The Bertz CT molecular complexity index is 3020. The Balaban J connectivity index is 1.13. The van der Waals surface area contributed by atoms with Crippen molar-refractivity contribution in [3.05, 3.63) is 163 Å². The number of rotatable bonds is 4. The van der Waals surface area contributed by atoms with Crippen LogP contribution in [0, 0.1) is 0 Å². The predicted octanol–water partition coefficient (Wildman–Crippen LogP) is 10.6. The highest BCUT2D eigenvalue weighted by atomic mass is 15.3. The molecule has 0 unspecified atom stereocenters. The Morgan fingerprint density at radius 3 is 2.16 bits per heavy atom. The summed E-state index contributed by atoms with van der Waals surface area (Å²) in [6.45, 7) is 0. The molecule has 0 aliphatic heterocycles. The van der Waals surface area contributed by atoms with Crippen LogP contribution in [0.2, 0.25) is 0 Å². The average molecular weight is 655 g/mol. The minimum atomic E-state index is 0.651. The number of para-hydroxylation sites is 3. The lowest BCUT2D eigenvalue weighted by molar-refractivity contribution is 0.912. The van der Waals surface area contributed by atoms with Gasteiger partial charge in [0.2, 0.25) is 5.95 Å². The number of aryl methyl sites for hydroxylation is 1. The maximum absolute atomic E-state index is 5.24. The van der Waals surface area contributed by atoms with Crippen LogP contribution in [0.3, 0.4) is 0 Å². The number of aromatic nitrogens is 6. The van der Waals surface area contributed by atoms with Gasteiger partial charge in [-0.15, -0.1) is 0 Å². The van der Waals surface area contributed by atoms with Crippen LogP contribution in [0.15, 0.2) is 152 Å². The second-order valence-corrected chi connectivity index (χ2v) is 13.2. The maximum atomic E-state index is 5.24. The molecular formula is C45H30N6. The summed E-state index contributed by atoms with van der Waals surface area (Å²) < 4.78 is 6.69. The SMILES string of the molecule is C1=Cc2c(c3ccc4c(cnn4-c4ccc5c(c4)c4ccccc4n5-c4nc(-c5ccccc5)c5ccccc5n4)c3n2-c2ccccc2)CC1. The van der Waals surface area contributed by atoms with E-state index in [1.807, 2.05) is 24.4 Å². The zero-order valence-electron chi connectivity index (χ0n) is 27.6. The van der Waals surface area contributed by atoms with Crippen LogP contribution in [0.1, 0.15) is 17.7 Å². The third kappa shape index (κ3) is 4.14. The van der Waals surface area contributed by atoms with Crippen LogP contribution in [0.4, 0.5) is 0 Å². The van der Waals surface area contributed by atoms with Gasteiger partial charge in [0, 0.05) is 43.9 Å². The van der Waals surface area contributed by atoms with Crippen molar-refractivity contribution in [2.75, 3.05) is 0 Å². The van der Waals surface area contributed by atoms with E-state index in [1.165, 1.54) is 22.2 Å². The van der Waals surface area contributed by atoms with Crippen molar-refractivity contribution in [1.29, 1.82) is 0 Å². The molecule has 0 atom stereocenters. The summed E-state index contributed by atoms with van der Waals surface area (Å²) in [5, 5.41) is 10.8. The van der Waals surface area contributed by atoms with Crippen molar-refractivity contribution in [2.24, 2.45) is 0 Å². The van der Waals surface area contributed by atoms with E-state index in [2.05, 4.69) is 147 Å². The largest absolute Gasteiger partial charge is 0.309 e. The molecule has 0 amide bonds. The van der Waals surface area contributed by atoms with Crippen molar-refractivity contribution in [2.45, 2.75) is 12.8 Å². The lowest BCUT2D eigenvalue weighted by Gasteiger charge is -2.12. The van der Waals surface area contributed by atoms with Gasteiger partial charge in [0.05, 0.1) is 45.2 Å². The van der Waals surface area contributed by atoms with Gasteiger partial charge >= 0.3 is 0 Å². The first-order chi connectivity index (χ1) is 25.3. The fraction of sp³-hybridized carbons (Fsp3) is 0.0444. The molecule has 0 saturated carbocycles. The van der Waals surface area contributed by atoms with Crippen LogP contribution in [-0.2, 0) is 6.42 Å². The summed E-state index contributed by atoms with van der Waals surface area (Å²) >= 11 is 0. The molecular weight excluding hydrogens is 625 g/mol. The van der Waals surface area contributed by atoms with Crippen molar-refractivity contribution in [3.8, 4) is 28.6 Å². The van der Waals surface area contributed by atoms with Gasteiger partial charge in [-0.2, -0.15) is 5.10 Å². The molecule has 0 N–H and O–H groups in total.